The van der Waals surface area contributed by atoms with Crippen LogP contribution in [0.5, 0.6) is 12.0 Å². The lowest BCUT2D eigenvalue weighted by molar-refractivity contribution is 0.0638. The van der Waals surface area contributed by atoms with Gasteiger partial charge in [-0.1, -0.05) is 0 Å². The molecule has 0 unspecified atom stereocenters. The minimum atomic E-state index is 0.214. The van der Waals surface area contributed by atoms with Gasteiger partial charge in [0.05, 0.1) is 26.9 Å². The van der Waals surface area contributed by atoms with Gasteiger partial charge in [0.1, 0.15) is 0 Å². The minimum absolute atomic E-state index is 0.214. The first kappa shape index (κ1) is 15.4. The maximum Gasteiger partial charge on any atom is 0.324 e. The molecule has 0 saturated carbocycles. The molecular formula is C11H20N4O4. The van der Waals surface area contributed by atoms with E-state index in [-0.39, 0.29) is 12.0 Å². The molecule has 1 heterocycles. The summed E-state index contributed by atoms with van der Waals surface area (Å²) in [5.74, 6) is 0.401. The lowest BCUT2D eigenvalue weighted by Gasteiger charge is -2.07. The van der Waals surface area contributed by atoms with Crippen LogP contribution < -0.4 is 14.8 Å². The fourth-order valence-electron chi connectivity index (χ4n) is 1.17. The van der Waals surface area contributed by atoms with Crippen molar-refractivity contribution in [1.82, 2.24) is 15.0 Å². The molecular weight excluding hydrogens is 252 g/mol. The Hall–Kier alpha value is -1.67. The van der Waals surface area contributed by atoms with Crippen LogP contribution in [0.4, 0.5) is 5.95 Å². The molecule has 0 aromatic carbocycles. The van der Waals surface area contributed by atoms with E-state index in [9.17, 15) is 0 Å². The summed E-state index contributed by atoms with van der Waals surface area (Å²) in [6.45, 7) is 2.24. The van der Waals surface area contributed by atoms with Crippen molar-refractivity contribution in [2.75, 3.05) is 53.0 Å². The quantitative estimate of drug-likeness (QED) is 0.611. The van der Waals surface area contributed by atoms with Crippen molar-refractivity contribution >= 4 is 5.95 Å². The number of rotatable bonds is 10. The number of nitrogens with one attached hydrogen (secondary N) is 1. The monoisotopic (exact) mass is 272 g/mol. The fourth-order valence-corrected chi connectivity index (χ4v) is 1.17. The summed E-state index contributed by atoms with van der Waals surface area (Å²) in [7, 11) is 4.84. The molecule has 0 atom stereocenters. The number of ether oxygens (including phenoxy) is 4. The summed E-state index contributed by atoms with van der Waals surface area (Å²) in [6.07, 6.45) is 0.743. The van der Waals surface area contributed by atoms with Gasteiger partial charge in [0.2, 0.25) is 5.95 Å². The van der Waals surface area contributed by atoms with Crippen LogP contribution in [0.25, 0.3) is 0 Å². The normalized spacial score (nSPS) is 10.3. The van der Waals surface area contributed by atoms with E-state index >= 15 is 0 Å². The average Bonchev–Trinajstić information content (AvgIpc) is 2.45. The van der Waals surface area contributed by atoms with E-state index in [1.165, 1.54) is 7.11 Å². The Kier molecular flexibility index (Phi) is 7.52. The number of methoxy groups -OCH3 is 2. The second-order valence-electron chi connectivity index (χ2n) is 3.49. The highest BCUT2D eigenvalue weighted by atomic mass is 16.5. The zero-order valence-corrected chi connectivity index (χ0v) is 11.5. The van der Waals surface area contributed by atoms with Gasteiger partial charge in [-0.2, -0.15) is 9.97 Å². The molecule has 0 aliphatic heterocycles. The van der Waals surface area contributed by atoms with Gasteiger partial charge in [-0.05, 0) is 0 Å². The van der Waals surface area contributed by atoms with Crippen molar-refractivity contribution in [2.24, 2.45) is 0 Å². The molecule has 0 bridgehead atoms. The molecule has 8 heteroatoms. The fraction of sp³-hybridized carbons (Fsp3) is 0.727. The number of aromatic nitrogens is 3. The van der Waals surface area contributed by atoms with Gasteiger partial charge in [-0.15, -0.1) is 4.98 Å². The highest BCUT2D eigenvalue weighted by molar-refractivity contribution is 5.26. The molecule has 0 amide bonds. The molecule has 1 aromatic heterocycles. The van der Waals surface area contributed by atoms with Crippen molar-refractivity contribution in [2.45, 2.75) is 6.42 Å². The Morgan fingerprint density at radius 3 is 2.42 bits per heavy atom. The molecule has 8 nitrogen and oxygen atoms in total. The SMILES string of the molecule is CNc1nc(OC)nc(OCCCOCCOC)n1. The maximum absolute atomic E-state index is 5.40. The van der Waals surface area contributed by atoms with Crippen molar-refractivity contribution in [3.8, 4) is 12.0 Å². The van der Waals surface area contributed by atoms with Gasteiger partial charge in [-0.25, -0.2) is 0 Å². The minimum Gasteiger partial charge on any atom is -0.467 e. The van der Waals surface area contributed by atoms with Crippen LogP contribution in [0.15, 0.2) is 0 Å². The summed E-state index contributed by atoms with van der Waals surface area (Å²) in [5, 5.41) is 2.81. The summed E-state index contributed by atoms with van der Waals surface area (Å²) < 4.78 is 20.5. The van der Waals surface area contributed by atoms with Gasteiger partial charge in [-0.3, -0.25) is 0 Å². The number of anilines is 1. The zero-order valence-electron chi connectivity index (χ0n) is 11.5. The largest absolute Gasteiger partial charge is 0.467 e. The van der Waals surface area contributed by atoms with Gasteiger partial charge in [0.15, 0.2) is 0 Å². The van der Waals surface area contributed by atoms with Crippen LogP contribution in [0.1, 0.15) is 6.42 Å². The van der Waals surface area contributed by atoms with Crippen molar-refractivity contribution < 1.29 is 18.9 Å². The Bertz CT molecular complexity index is 342. The molecule has 0 saturated heterocycles. The summed E-state index contributed by atoms with van der Waals surface area (Å²) >= 11 is 0. The molecule has 0 fully saturated rings. The van der Waals surface area contributed by atoms with Crippen LogP contribution in [-0.4, -0.2) is 62.6 Å². The van der Waals surface area contributed by atoms with Gasteiger partial charge in [0.25, 0.3) is 0 Å². The van der Waals surface area contributed by atoms with Gasteiger partial charge in [0, 0.05) is 27.2 Å². The molecule has 0 radical (unpaired) electrons. The average molecular weight is 272 g/mol. The first-order valence-electron chi connectivity index (χ1n) is 5.97. The first-order valence-corrected chi connectivity index (χ1v) is 5.97. The van der Waals surface area contributed by atoms with Crippen molar-refractivity contribution in [1.29, 1.82) is 0 Å². The van der Waals surface area contributed by atoms with Crippen LogP contribution >= 0.6 is 0 Å². The summed E-state index contributed by atoms with van der Waals surface area (Å²) in [5.41, 5.74) is 0. The topological polar surface area (TPSA) is 87.6 Å². The van der Waals surface area contributed by atoms with E-state index in [2.05, 4.69) is 20.3 Å². The Labute approximate surface area is 112 Å². The predicted molar refractivity (Wildman–Crippen MR) is 68.7 cm³/mol. The maximum atomic E-state index is 5.40. The lowest BCUT2D eigenvalue weighted by atomic mass is 10.5. The first-order chi connectivity index (χ1) is 9.30. The summed E-state index contributed by atoms with van der Waals surface area (Å²) in [6, 6.07) is 0.443. The molecule has 1 N–H and O–H groups in total. The van der Waals surface area contributed by atoms with E-state index in [0.717, 1.165) is 6.42 Å². The van der Waals surface area contributed by atoms with E-state index in [0.29, 0.717) is 32.4 Å². The molecule has 0 spiro atoms. The van der Waals surface area contributed by atoms with Gasteiger partial charge < -0.3 is 24.3 Å². The highest BCUT2D eigenvalue weighted by Gasteiger charge is 2.06. The lowest BCUT2D eigenvalue weighted by Crippen LogP contribution is -2.09. The van der Waals surface area contributed by atoms with Crippen LogP contribution in [0, 0.1) is 0 Å². The Morgan fingerprint density at radius 2 is 1.74 bits per heavy atom. The molecule has 0 aliphatic rings. The van der Waals surface area contributed by atoms with Crippen LogP contribution in [0.2, 0.25) is 0 Å². The number of hydrogen-bond donors (Lipinski definition) is 1. The second kappa shape index (κ2) is 9.29. The van der Waals surface area contributed by atoms with E-state index in [1.807, 2.05) is 0 Å². The van der Waals surface area contributed by atoms with Crippen LogP contribution in [0.3, 0.4) is 0 Å². The zero-order chi connectivity index (χ0) is 13.9. The third kappa shape index (κ3) is 6.16. The van der Waals surface area contributed by atoms with E-state index in [4.69, 9.17) is 18.9 Å². The van der Waals surface area contributed by atoms with Crippen molar-refractivity contribution in [3.05, 3.63) is 0 Å². The third-order valence-corrected chi connectivity index (χ3v) is 2.10. The Balaban J connectivity index is 2.28. The van der Waals surface area contributed by atoms with E-state index in [1.54, 1.807) is 14.2 Å². The predicted octanol–water partition coefficient (Wildman–Crippen LogP) is 0.354. The molecule has 1 aromatic rings. The third-order valence-electron chi connectivity index (χ3n) is 2.10. The van der Waals surface area contributed by atoms with Gasteiger partial charge >= 0.3 is 12.0 Å². The molecule has 108 valence electrons. The van der Waals surface area contributed by atoms with Crippen molar-refractivity contribution in [3.63, 3.8) is 0 Å². The summed E-state index contributed by atoms with van der Waals surface area (Å²) in [4.78, 5) is 12.0. The molecule has 1 rings (SSSR count). The second-order valence-corrected chi connectivity index (χ2v) is 3.49. The van der Waals surface area contributed by atoms with Crippen LogP contribution in [-0.2, 0) is 9.47 Å². The highest BCUT2D eigenvalue weighted by Crippen LogP contribution is 2.11. The number of hydrogen-bond acceptors (Lipinski definition) is 8. The molecule has 19 heavy (non-hydrogen) atoms. The standard InChI is InChI=1S/C11H20N4O4/c1-12-9-13-10(17-3)15-11(14-9)19-6-4-5-18-8-7-16-2/h4-8H2,1-3H3,(H,12,13,14,15). The van der Waals surface area contributed by atoms with E-state index < -0.39 is 0 Å². The smallest absolute Gasteiger partial charge is 0.324 e. The molecule has 0 aliphatic carbocycles. The number of nitrogens with zero attached hydrogens (tertiary/aromatic N) is 3. The Morgan fingerprint density at radius 1 is 0.947 bits per heavy atom.